The van der Waals surface area contributed by atoms with E-state index in [1.165, 1.54) is 42.5 Å². The number of anilines is 1. The summed E-state index contributed by atoms with van der Waals surface area (Å²) in [6.45, 7) is -0.757. The van der Waals surface area contributed by atoms with Gasteiger partial charge in [-0.2, -0.15) is 5.10 Å². The molecule has 3 aromatic carbocycles. The summed E-state index contributed by atoms with van der Waals surface area (Å²) in [5, 5.41) is 26.1. The summed E-state index contributed by atoms with van der Waals surface area (Å²) in [4.78, 5) is 33.0. The van der Waals surface area contributed by atoms with Crippen LogP contribution in [-0.4, -0.2) is 36.9 Å². The van der Waals surface area contributed by atoms with Crippen LogP contribution in [-0.2, 0) is 14.8 Å². The van der Waals surface area contributed by atoms with E-state index in [0.29, 0.717) is 4.31 Å². The number of hydrogen-bond acceptors (Lipinski definition) is 8. The van der Waals surface area contributed by atoms with Gasteiger partial charge in [0.25, 0.3) is 27.3 Å². The zero-order chi connectivity index (χ0) is 24.7. The van der Waals surface area contributed by atoms with Crippen LogP contribution in [0.15, 0.2) is 88.9 Å². The third-order valence-corrected chi connectivity index (χ3v) is 6.31. The van der Waals surface area contributed by atoms with Crippen molar-refractivity contribution in [3.05, 3.63) is 105 Å². The zero-order valence-electron chi connectivity index (χ0n) is 17.3. The lowest BCUT2D eigenvalue weighted by Gasteiger charge is -2.23. The van der Waals surface area contributed by atoms with E-state index in [4.69, 9.17) is 0 Å². The molecule has 3 rings (SSSR count). The van der Waals surface area contributed by atoms with Crippen molar-refractivity contribution < 1.29 is 23.1 Å². The largest absolute Gasteiger partial charge is 0.289 e. The van der Waals surface area contributed by atoms with Crippen LogP contribution in [0.1, 0.15) is 5.56 Å². The van der Waals surface area contributed by atoms with Crippen LogP contribution in [0.3, 0.4) is 0 Å². The number of amides is 1. The van der Waals surface area contributed by atoms with Gasteiger partial charge >= 0.3 is 0 Å². The summed E-state index contributed by atoms with van der Waals surface area (Å²) >= 11 is 0. The maximum absolute atomic E-state index is 13.3. The average Bonchev–Trinajstić information content (AvgIpc) is 2.83. The van der Waals surface area contributed by atoms with Crippen LogP contribution < -0.4 is 9.73 Å². The molecule has 13 heteroatoms. The van der Waals surface area contributed by atoms with E-state index in [0.717, 1.165) is 18.3 Å². The van der Waals surface area contributed by atoms with Crippen LogP contribution in [0, 0.1) is 20.2 Å². The van der Waals surface area contributed by atoms with Crippen molar-refractivity contribution in [3.63, 3.8) is 0 Å². The highest BCUT2D eigenvalue weighted by Gasteiger charge is 2.33. The molecule has 0 saturated carbocycles. The lowest BCUT2D eigenvalue weighted by atomic mass is 10.2. The molecule has 0 radical (unpaired) electrons. The van der Waals surface area contributed by atoms with E-state index in [-0.39, 0.29) is 16.9 Å². The van der Waals surface area contributed by atoms with Gasteiger partial charge in [-0.3, -0.25) is 29.3 Å². The first-order valence-electron chi connectivity index (χ1n) is 9.58. The van der Waals surface area contributed by atoms with Gasteiger partial charge < -0.3 is 0 Å². The molecule has 0 unspecified atom stereocenters. The van der Waals surface area contributed by atoms with Crippen LogP contribution in [0.4, 0.5) is 17.1 Å². The Morgan fingerprint density at radius 1 is 0.882 bits per heavy atom. The molecule has 0 heterocycles. The average molecular weight is 483 g/mol. The van der Waals surface area contributed by atoms with Gasteiger partial charge in [0.05, 0.1) is 27.3 Å². The Bertz CT molecular complexity index is 1360. The third-order valence-electron chi connectivity index (χ3n) is 4.49. The molecule has 174 valence electrons. The van der Waals surface area contributed by atoms with Crippen LogP contribution >= 0.6 is 0 Å². The lowest BCUT2D eigenvalue weighted by Crippen LogP contribution is -2.39. The molecule has 34 heavy (non-hydrogen) atoms. The van der Waals surface area contributed by atoms with Crippen molar-refractivity contribution in [2.75, 3.05) is 10.8 Å². The van der Waals surface area contributed by atoms with Gasteiger partial charge in [0.1, 0.15) is 6.54 Å². The number of nitro groups is 2. The number of para-hydroxylation sites is 3. The molecule has 0 aliphatic rings. The number of hydrazone groups is 1. The molecule has 3 aromatic rings. The van der Waals surface area contributed by atoms with E-state index in [9.17, 15) is 33.4 Å². The minimum atomic E-state index is -4.53. The van der Waals surface area contributed by atoms with Gasteiger partial charge in [-0.1, -0.05) is 42.5 Å². The molecule has 1 N–H and O–H groups in total. The number of sulfonamides is 1. The summed E-state index contributed by atoms with van der Waals surface area (Å²) in [5.74, 6) is -0.874. The van der Waals surface area contributed by atoms with E-state index in [2.05, 4.69) is 10.5 Å². The maximum atomic E-state index is 13.3. The monoisotopic (exact) mass is 483 g/mol. The quantitative estimate of drug-likeness (QED) is 0.277. The Hall–Kier alpha value is -4.65. The van der Waals surface area contributed by atoms with Crippen molar-refractivity contribution in [2.45, 2.75) is 4.90 Å². The number of nitrogens with zero attached hydrogens (tertiary/aromatic N) is 4. The Morgan fingerprint density at radius 3 is 2.09 bits per heavy atom. The van der Waals surface area contributed by atoms with Crippen molar-refractivity contribution in [1.82, 2.24) is 5.43 Å². The molecule has 0 bridgehead atoms. The standard InChI is InChI=1S/C21H17N5O7S/c27-21(23-22-14-16-8-4-5-11-18(16)25(28)29)15-24(17-9-2-1-3-10-17)34(32,33)20-13-7-6-12-19(20)26(30)31/h1-14H,15H2,(H,23,27). The van der Waals surface area contributed by atoms with Crippen molar-refractivity contribution in [3.8, 4) is 0 Å². The van der Waals surface area contributed by atoms with E-state index in [1.807, 2.05) is 0 Å². The summed E-state index contributed by atoms with van der Waals surface area (Å²) in [6.07, 6.45) is 1.05. The Labute approximate surface area is 193 Å². The number of nitrogens with one attached hydrogen (secondary N) is 1. The normalized spacial score (nSPS) is 11.2. The minimum Gasteiger partial charge on any atom is -0.271 e. The summed E-state index contributed by atoms with van der Waals surface area (Å²) in [6, 6.07) is 18.1. The molecule has 1 amide bonds. The predicted molar refractivity (Wildman–Crippen MR) is 123 cm³/mol. The van der Waals surface area contributed by atoms with Crippen LogP contribution in [0.2, 0.25) is 0 Å². The molecule has 0 aromatic heterocycles. The van der Waals surface area contributed by atoms with E-state index in [1.54, 1.807) is 24.3 Å². The van der Waals surface area contributed by atoms with Gasteiger partial charge in [-0.15, -0.1) is 0 Å². The minimum absolute atomic E-state index is 0.0958. The summed E-state index contributed by atoms with van der Waals surface area (Å²) in [7, 11) is -4.53. The first-order chi connectivity index (χ1) is 16.2. The Balaban J connectivity index is 1.89. The van der Waals surface area contributed by atoms with Gasteiger partial charge in [-0.05, 0) is 24.3 Å². The Kier molecular flexibility index (Phi) is 7.28. The molecule has 0 atom stereocenters. The topological polar surface area (TPSA) is 165 Å². The first kappa shape index (κ1) is 24.0. The van der Waals surface area contributed by atoms with E-state index >= 15 is 0 Å². The molecule has 0 saturated heterocycles. The SMILES string of the molecule is O=C(CN(c1ccccc1)S(=O)(=O)c1ccccc1[N+](=O)[O-])NN=Cc1ccccc1[N+](=O)[O-]. The lowest BCUT2D eigenvalue weighted by molar-refractivity contribution is -0.387. The second-order valence-corrected chi connectivity index (χ2v) is 8.51. The van der Waals surface area contributed by atoms with Gasteiger partial charge in [0.2, 0.25) is 0 Å². The van der Waals surface area contributed by atoms with Gasteiger partial charge in [-0.25, -0.2) is 13.8 Å². The fraction of sp³-hybridized carbons (Fsp3) is 0.0476. The molecule has 0 aliphatic carbocycles. The fourth-order valence-electron chi connectivity index (χ4n) is 2.96. The summed E-state index contributed by atoms with van der Waals surface area (Å²) < 4.78 is 27.4. The van der Waals surface area contributed by atoms with E-state index < -0.39 is 42.9 Å². The number of carbonyl (C=O) groups excluding carboxylic acids is 1. The van der Waals surface area contributed by atoms with Crippen molar-refractivity contribution in [2.24, 2.45) is 5.10 Å². The first-order valence-corrected chi connectivity index (χ1v) is 11.0. The highest BCUT2D eigenvalue weighted by molar-refractivity contribution is 7.93. The fourth-order valence-corrected chi connectivity index (χ4v) is 4.54. The zero-order valence-corrected chi connectivity index (χ0v) is 18.2. The smallest absolute Gasteiger partial charge is 0.271 e. The van der Waals surface area contributed by atoms with Gasteiger partial charge in [0.15, 0.2) is 4.90 Å². The molecule has 0 fully saturated rings. The Morgan fingerprint density at radius 2 is 1.44 bits per heavy atom. The number of nitro benzene ring substituents is 2. The summed E-state index contributed by atoms with van der Waals surface area (Å²) in [5.41, 5.74) is 1.48. The van der Waals surface area contributed by atoms with Crippen molar-refractivity contribution in [1.29, 1.82) is 0 Å². The number of carbonyl (C=O) groups is 1. The predicted octanol–water partition coefficient (Wildman–Crippen LogP) is 2.85. The van der Waals surface area contributed by atoms with Gasteiger partial charge in [0, 0.05) is 12.1 Å². The maximum Gasteiger partial charge on any atom is 0.289 e. The molecular weight excluding hydrogens is 466 g/mol. The number of rotatable bonds is 9. The molecule has 0 spiro atoms. The second kappa shape index (κ2) is 10.3. The second-order valence-electron chi connectivity index (χ2n) is 6.68. The van der Waals surface area contributed by atoms with Crippen LogP contribution in [0.5, 0.6) is 0 Å². The molecule has 0 aliphatic heterocycles. The molecule has 12 nitrogen and oxygen atoms in total. The third kappa shape index (κ3) is 5.39. The molecular formula is C21H17N5O7S. The number of benzene rings is 3. The van der Waals surface area contributed by atoms with Crippen molar-refractivity contribution >= 4 is 39.2 Å². The highest BCUT2D eigenvalue weighted by atomic mass is 32.2. The number of hydrogen-bond donors (Lipinski definition) is 1. The highest BCUT2D eigenvalue weighted by Crippen LogP contribution is 2.29. The van der Waals surface area contributed by atoms with Crippen LogP contribution in [0.25, 0.3) is 0 Å².